The molecule has 1 spiro atoms. The van der Waals surface area contributed by atoms with Crippen LogP contribution in [0.3, 0.4) is 0 Å². The van der Waals surface area contributed by atoms with E-state index < -0.39 is 18.0 Å². The fraction of sp³-hybridized carbons (Fsp3) is 0.600. The summed E-state index contributed by atoms with van der Waals surface area (Å²) in [5.41, 5.74) is 0.286. The Kier molecular flexibility index (Phi) is 3.94. The number of likely N-dealkylation sites (tertiary alicyclic amines) is 1. The monoisotopic (exact) mass is 301 g/mol. The average molecular weight is 301 g/mol. The van der Waals surface area contributed by atoms with Gasteiger partial charge in [-0.05, 0) is 5.56 Å². The van der Waals surface area contributed by atoms with Crippen LogP contribution in [0.25, 0.3) is 0 Å². The highest BCUT2D eigenvalue weighted by molar-refractivity contribution is 5.21. The van der Waals surface area contributed by atoms with E-state index in [0.29, 0.717) is 39.1 Å². The van der Waals surface area contributed by atoms with Gasteiger partial charge in [-0.25, -0.2) is 0 Å². The molecule has 2 heterocycles. The molecule has 0 aromatic heterocycles. The zero-order chi connectivity index (χ0) is 14.9. The summed E-state index contributed by atoms with van der Waals surface area (Å²) in [5, 5.41) is 0. The zero-order valence-corrected chi connectivity index (χ0v) is 11.6. The number of alkyl halides is 3. The fourth-order valence-corrected chi connectivity index (χ4v) is 3.15. The molecule has 0 N–H and O–H groups in total. The highest BCUT2D eigenvalue weighted by Crippen LogP contribution is 2.41. The van der Waals surface area contributed by atoms with Crippen molar-refractivity contribution >= 4 is 0 Å². The van der Waals surface area contributed by atoms with Crippen LogP contribution in [-0.2, 0) is 9.47 Å². The van der Waals surface area contributed by atoms with Crippen molar-refractivity contribution in [1.29, 1.82) is 0 Å². The summed E-state index contributed by atoms with van der Waals surface area (Å²) >= 11 is 0. The van der Waals surface area contributed by atoms with Crippen molar-refractivity contribution in [2.75, 3.05) is 26.3 Å². The molecule has 0 amide bonds. The van der Waals surface area contributed by atoms with Crippen LogP contribution in [0.4, 0.5) is 13.2 Å². The molecule has 6 heteroatoms. The van der Waals surface area contributed by atoms with Crippen molar-refractivity contribution < 1.29 is 22.6 Å². The molecule has 0 saturated carbocycles. The van der Waals surface area contributed by atoms with E-state index in [0.717, 1.165) is 0 Å². The van der Waals surface area contributed by atoms with E-state index in [1.165, 1.54) is 17.0 Å². The van der Waals surface area contributed by atoms with Gasteiger partial charge in [-0.1, -0.05) is 30.3 Å². The Morgan fingerprint density at radius 3 is 2.10 bits per heavy atom. The molecule has 2 fully saturated rings. The number of halogens is 3. The van der Waals surface area contributed by atoms with Crippen molar-refractivity contribution in [1.82, 2.24) is 4.90 Å². The van der Waals surface area contributed by atoms with Gasteiger partial charge in [0.1, 0.15) is 6.04 Å². The van der Waals surface area contributed by atoms with Gasteiger partial charge in [-0.2, -0.15) is 13.2 Å². The number of piperidine rings is 1. The summed E-state index contributed by atoms with van der Waals surface area (Å²) in [6.07, 6.45) is -3.33. The van der Waals surface area contributed by atoms with Gasteiger partial charge in [0.15, 0.2) is 5.79 Å². The van der Waals surface area contributed by atoms with Crippen LogP contribution in [0.5, 0.6) is 0 Å². The first kappa shape index (κ1) is 14.8. The Balaban J connectivity index is 1.76. The van der Waals surface area contributed by atoms with E-state index >= 15 is 0 Å². The minimum absolute atomic E-state index is 0.286. The smallest absolute Gasteiger partial charge is 0.347 e. The first-order chi connectivity index (χ1) is 10.0. The average Bonchev–Trinajstić information content (AvgIpc) is 2.90. The summed E-state index contributed by atoms with van der Waals surface area (Å²) in [6, 6.07) is 6.52. The SMILES string of the molecule is FC(F)(F)[C@H](c1ccccc1)N1CCC2(CC1)OCCO2. The molecule has 0 aliphatic carbocycles. The second kappa shape index (κ2) is 5.59. The Morgan fingerprint density at radius 2 is 1.57 bits per heavy atom. The molecule has 0 unspecified atom stereocenters. The minimum Gasteiger partial charge on any atom is -0.347 e. The van der Waals surface area contributed by atoms with Gasteiger partial charge < -0.3 is 9.47 Å². The first-order valence-electron chi connectivity index (χ1n) is 7.14. The molecule has 0 bridgehead atoms. The normalized spacial score (nSPS) is 24.3. The van der Waals surface area contributed by atoms with Gasteiger partial charge in [-0.3, -0.25) is 4.90 Å². The summed E-state index contributed by atoms with van der Waals surface area (Å²) in [5.74, 6) is -0.649. The minimum atomic E-state index is -4.29. The summed E-state index contributed by atoms with van der Waals surface area (Å²) in [6.45, 7) is 1.70. The lowest BCUT2D eigenvalue weighted by molar-refractivity contribution is -0.221. The van der Waals surface area contributed by atoms with Crippen LogP contribution >= 0.6 is 0 Å². The van der Waals surface area contributed by atoms with Crippen LogP contribution in [0.15, 0.2) is 30.3 Å². The van der Waals surface area contributed by atoms with E-state index in [-0.39, 0.29) is 5.56 Å². The van der Waals surface area contributed by atoms with Crippen LogP contribution in [-0.4, -0.2) is 43.2 Å². The summed E-state index contributed by atoms with van der Waals surface area (Å²) < 4.78 is 51.5. The number of hydrogen-bond acceptors (Lipinski definition) is 3. The number of hydrogen-bond donors (Lipinski definition) is 0. The molecule has 1 atom stereocenters. The Bertz CT molecular complexity index is 462. The Labute approximate surface area is 121 Å². The van der Waals surface area contributed by atoms with Crippen LogP contribution in [0.2, 0.25) is 0 Å². The molecular formula is C15H18F3NO2. The standard InChI is InChI=1S/C15H18F3NO2/c16-15(17,18)13(12-4-2-1-3-5-12)19-8-6-14(7-9-19)20-10-11-21-14/h1-5,13H,6-11H2/t13-/m0/s1. The molecule has 2 aliphatic rings. The Morgan fingerprint density at radius 1 is 1.00 bits per heavy atom. The molecular weight excluding hydrogens is 283 g/mol. The third kappa shape index (κ3) is 3.07. The largest absolute Gasteiger partial charge is 0.408 e. The van der Waals surface area contributed by atoms with Crippen LogP contribution in [0.1, 0.15) is 24.4 Å². The van der Waals surface area contributed by atoms with Gasteiger partial charge >= 0.3 is 6.18 Å². The van der Waals surface area contributed by atoms with Crippen LogP contribution in [0, 0.1) is 0 Å². The fourth-order valence-electron chi connectivity index (χ4n) is 3.15. The van der Waals surface area contributed by atoms with Crippen molar-refractivity contribution in [3.8, 4) is 0 Å². The first-order valence-corrected chi connectivity index (χ1v) is 7.14. The zero-order valence-electron chi connectivity index (χ0n) is 11.6. The highest BCUT2D eigenvalue weighted by atomic mass is 19.4. The maximum Gasteiger partial charge on any atom is 0.408 e. The third-order valence-corrected chi connectivity index (χ3v) is 4.16. The quantitative estimate of drug-likeness (QED) is 0.837. The Hall–Kier alpha value is -1.11. The maximum atomic E-state index is 13.5. The summed E-state index contributed by atoms with van der Waals surface area (Å²) in [7, 11) is 0. The molecule has 0 radical (unpaired) electrons. The number of ether oxygens (including phenoxy) is 2. The van der Waals surface area contributed by atoms with E-state index in [4.69, 9.17) is 9.47 Å². The predicted octanol–water partition coefficient (Wildman–Crippen LogP) is 3.13. The lowest BCUT2D eigenvalue weighted by atomic mass is 9.98. The van der Waals surface area contributed by atoms with Crippen molar-refractivity contribution in [2.24, 2.45) is 0 Å². The number of nitrogens with zero attached hydrogens (tertiary/aromatic N) is 1. The maximum absolute atomic E-state index is 13.5. The van der Waals surface area contributed by atoms with Gasteiger partial charge in [0.2, 0.25) is 0 Å². The lowest BCUT2D eigenvalue weighted by Crippen LogP contribution is -2.49. The topological polar surface area (TPSA) is 21.7 Å². The van der Waals surface area contributed by atoms with E-state index in [2.05, 4.69) is 0 Å². The molecule has 2 aliphatic heterocycles. The lowest BCUT2D eigenvalue weighted by Gasteiger charge is -2.41. The number of benzene rings is 1. The third-order valence-electron chi connectivity index (χ3n) is 4.16. The van der Waals surface area contributed by atoms with Gasteiger partial charge in [0, 0.05) is 25.9 Å². The molecule has 3 rings (SSSR count). The summed E-state index contributed by atoms with van der Waals surface area (Å²) in [4.78, 5) is 1.48. The van der Waals surface area contributed by atoms with E-state index in [9.17, 15) is 13.2 Å². The second-order valence-corrected chi connectivity index (χ2v) is 5.50. The van der Waals surface area contributed by atoms with Gasteiger partial charge in [0.05, 0.1) is 13.2 Å². The van der Waals surface area contributed by atoms with Crippen molar-refractivity contribution in [3.63, 3.8) is 0 Å². The van der Waals surface area contributed by atoms with Crippen LogP contribution < -0.4 is 0 Å². The van der Waals surface area contributed by atoms with E-state index in [1.54, 1.807) is 18.2 Å². The van der Waals surface area contributed by atoms with Gasteiger partial charge in [-0.15, -0.1) is 0 Å². The molecule has 21 heavy (non-hydrogen) atoms. The van der Waals surface area contributed by atoms with Gasteiger partial charge in [0.25, 0.3) is 0 Å². The molecule has 3 nitrogen and oxygen atoms in total. The molecule has 1 aromatic carbocycles. The second-order valence-electron chi connectivity index (χ2n) is 5.50. The molecule has 2 saturated heterocycles. The highest BCUT2D eigenvalue weighted by Gasteiger charge is 2.48. The molecule has 116 valence electrons. The number of rotatable bonds is 2. The predicted molar refractivity (Wildman–Crippen MR) is 70.7 cm³/mol. The van der Waals surface area contributed by atoms with Crippen molar-refractivity contribution in [3.05, 3.63) is 35.9 Å². The van der Waals surface area contributed by atoms with E-state index in [1.807, 2.05) is 0 Å². The van der Waals surface area contributed by atoms with Crippen molar-refractivity contribution in [2.45, 2.75) is 30.8 Å². The molecule has 1 aromatic rings.